The Labute approximate surface area is 289 Å². The van der Waals surface area contributed by atoms with Gasteiger partial charge in [0.1, 0.15) is 0 Å². The summed E-state index contributed by atoms with van der Waals surface area (Å²) in [7, 11) is 4.08. The smallest absolute Gasteiger partial charge is 0.331 e. The third-order valence-corrected chi connectivity index (χ3v) is 9.47. The quantitative estimate of drug-likeness (QED) is 0.0419. The molecule has 0 bridgehead atoms. The zero-order valence-electron chi connectivity index (χ0n) is 31.7. The van der Waals surface area contributed by atoms with Crippen LogP contribution in [0.15, 0.2) is 35.5 Å². The van der Waals surface area contributed by atoms with Gasteiger partial charge in [0.15, 0.2) is 0 Å². The molecule has 0 aliphatic heterocycles. The molecule has 0 spiro atoms. The molecule has 0 aromatic heterocycles. The van der Waals surface area contributed by atoms with E-state index in [2.05, 4.69) is 43.1 Å². The maximum absolute atomic E-state index is 12.2. The SMILES string of the molecule is CCCCCCCC/C=C\CCCCCCCCC(CCCCCCCC/C=C\CCCCCCCC)=C(CCN(C)C)C(=O)O. The Bertz CT molecular complexity index is 691. The maximum atomic E-state index is 12.2. The van der Waals surface area contributed by atoms with Crippen LogP contribution in [0.1, 0.15) is 213 Å². The van der Waals surface area contributed by atoms with Gasteiger partial charge in [-0.1, -0.05) is 159 Å². The van der Waals surface area contributed by atoms with Crippen molar-refractivity contribution in [1.82, 2.24) is 4.90 Å². The molecule has 0 radical (unpaired) electrons. The summed E-state index contributed by atoms with van der Waals surface area (Å²) >= 11 is 0. The van der Waals surface area contributed by atoms with Crippen molar-refractivity contribution in [3.8, 4) is 0 Å². The number of carboxylic acids is 1. The first-order chi connectivity index (χ1) is 22.5. The van der Waals surface area contributed by atoms with E-state index in [-0.39, 0.29) is 0 Å². The van der Waals surface area contributed by atoms with Crippen LogP contribution in [0.4, 0.5) is 0 Å². The Morgan fingerprint density at radius 1 is 0.457 bits per heavy atom. The van der Waals surface area contributed by atoms with Crippen LogP contribution in [0.3, 0.4) is 0 Å². The fourth-order valence-electron chi connectivity index (χ4n) is 6.37. The predicted octanol–water partition coefficient (Wildman–Crippen LogP) is 14.2. The number of unbranched alkanes of at least 4 members (excludes halogenated alkanes) is 24. The second-order valence-corrected chi connectivity index (χ2v) is 14.3. The average molecular weight is 644 g/mol. The van der Waals surface area contributed by atoms with Gasteiger partial charge in [0.25, 0.3) is 0 Å². The molecule has 46 heavy (non-hydrogen) atoms. The molecule has 0 unspecified atom stereocenters. The molecule has 0 rings (SSSR count). The molecule has 270 valence electrons. The van der Waals surface area contributed by atoms with Crippen LogP contribution in [-0.4, -0.2) is 36.6 Å². The van der Waals surface area contributed by atoms with Crippen LogP contribution in [0, 0.1) is 0 Å². The Morgan fingerprint density at radius 2 is 0.761 bits per heavy atom. The van der Waals surface area contributed by atoms with E-state index in [9.17, 15) is 9.90 Å². The summed E-state index contributed by atoms with van der Waals surface area (Å²) in [6, 6.07) is 0. The molecule has 1 N–H and O–H groups in total. The molecule has 0 saturated carbocycles. The van der Waals surface area contributed by atoms with Gasteiger partial charge in [-0.15, -0.1) is 0 Å². The minimum atomic E-state index is -0.689. The van der Waals surface area contributed by atoms with E-state index in [1.165, 1.54) is 173 Å². The molecule has 0 aromatic carbocycles. The van der Waals surface area contributed by atoms with Crippen molar-refractivity contribution in [3.63, 3.8) is 0 Å². The van der Waals surface area contributed by atoms with Crippen molar-refractivity contribution in [3.05, 3.63) is 35.5 Å². The Balaban J connectivity index is 4.15. The number of nitrogens with zero attached hydrogens (tertiary/aromatic N) is 1. The Hall–Kier alpha value is -1.35. The average Bonchev–Trinajstić information content (AvgIpc) is 3.03. The van der Waals surface area contributed by atoms with E-state index in [1.807, 2.05) is 14.1 Å². The van der Waals surface area contributed by atoms with Crippen LogP contribution in [0.5, 0.6) is 0 Å². The van der Waals surface area contributed by atoms with Gasteiger partial charge in [0.2, 0.25) is 0 Å². The Kier molecular flexibility index (Phi) is 35.4. The van der Waals surface area contributed by atoms with Crippen molar-refractivity contribution >= 4 is 5.97 Å². The van der Waals surface area contributed by atoms with Crippen molar-refractivity contribution in [2.24, 2.45) is 0 Å². The summed E-state index contributed by atoms with van der Waals surface area (Å²) in [5.41, 5.74) is 1.94. The van der Waals surface area contributed by atoms with E-state index < -0.39 is 5.97 Å². The van der Waals surface area contributed by atoms with Gasteiger partial charge in [-0.3, -0.25) is 0 Å². The lowest BCUT2D eigenvalue weighted by molar-refractivity contribution is -0.132. The lowest BCUT2D eigenvalue weighted by Crippen LogP contribution is -2.17. The zero-order valence-corrected chi connectivity index (χ0v) is 31.7. The number of hydrogen-bond acceptors (Lipinski definition) is 2. The third kappa shape index (κ3) is 32.6. The highest BCUT2D eigenvalue weighted by atomic mass is 16.4. The molecule has 0 aliphatic rings. The number of hydrogen-bond donors (Lipinski definition) is 1. The highest BCUT2D eigenvalue weighted by molar-refractivity contribution is 5.87. The fraction of sp³-hybridized carbons (Fsp3) is 0.837. The summed E-state index contributed by atoms with van der Waals surface area (Å²) in [6.45, 7) is 5.37. The van der Waals surface area contributed by atoms with Gasteiger partial charge in [-0.05, 0) is 97.6 Å². The van der Waals surface area contributed by atoms with E-state index >= 15 is 0 Å². The number of allylic oxidation sites excluding steroid dienone is 5. The highest BCUT2D eigenvalue weighted by Gasteiger charge is 2.14. The molecule has 0 aromatic rings. The molecule has 0 aliphatic carbocycles. The molecular weight excluding hydrogens is 562 g/mol. The first-order valence-corrected chi connectivity index (χ1v) is 20.4. The fourth-order valence-corrected chi connectivity index (χ4v) is 6.37. The summed E-state index contributed by atoms with van der Waals surface area (Å²) in [4.78, 5) is 14.3. The molecule has 3 nitrogen and oxygen atoms in total. The molecule has 0 atom stereocenters. The van der Waals surface area contributed by atoms with E-state index in [0.717, 1.165) is 32.2 Å². The topological polar surface area (TPSA) is 40.5 Å². The second-order valence-electron chi connectivity index (χ2n) is 14.3. The van der Waals surface area contributed by atoms with Gasteiger partial charge in [-0.2, -0.15) is 0 Å². The van der Waals surface area contributed by atoms with E-state index in [0.29, 0.717) is 12.0 Å². The van der Waals surface area contributed by atoms with Crippen LogP contribution in [0.25, 0.3) is 0 Å². The largest absolute Gasteiger partial charge is 0.478 e. The molecular formula is C43H81NO2. The van der Waals surface area contributed by atoms with Crippen molar-refractivity contribution in [2.45, 2.75) is 213 Å². The number of aliphatic carboxylic acids is 1. The molecule has 3 heteroatoms. The normalized spacial score (nSPS) is 11.8. The van der Waals surface area contributed by atoms with Gasteiger partial charge >= 0.3 is 5.97 Å². The molecule has 0 fully saturated rings. The monoisotopic (exact) mass is 644 g/mol. The summed E-state index contributed by atoms with van der Waals surface area (Å²) in [5.74, 6) is -0.689. The number of carboxylic acid groups (broad SMARTS) is 1. The first-order valence-electron chi connectivity index (χ1n) is 20.4. The van der Waals surface area contributed by atoms with Crippen LogP contribution < -0.4 is 0 Å². The van der Waals surface area contributed by atoms with E-state index in [1.54, 1.807) is 0 Å². The molecule has 0 saturated heterocycles. The van der Waals surface area contributed by atoms with Crippen molar-refractivity contribution in [1.29, 1.82) is 0 Å². The summed E-state index contributed by atoms with van der Waals surface area (Å²) < 4.78 is 0. The standard InChI is InChI=1S/C43H81NO2/c1-5-7-9-11-13-15-17-19-21-23-25-27-29-31-33-35-37-41(42(43(45)46)39-40-44(3)4)38-36-34-32-30-28-26-24-22-20-18-16-14-12-10-8-6-2/h19-22H,5-18,23-40H2,1-4H3,(H,45,46)/b21-19-,22-20-. The minimum Gasteiger partial charge on any atom is -0.478 e. The molecule has 0 heterocycles. The maximum Gasteiger partial charge on any atom is 0.331 e. The summed E-state index contributed by atoms with van der Waals surface area (Å²) in [6.07, 6.45) is 48.9. The van der Waals surface area contributed by atoms with Gasteiger partial charge < -0.3 is 10.0 Å². The van der Waals surface area contributed by atoms with Gasteiger partial charge in [0, 0.05) is 12.1 Å². The first kappa shape index (κ1) is 44.6. The van der Waals surface area contributed by atoms with Crippen LogP contribution in [0.2, 0.25) is 0 Å². The van der Waals surface area contributed by atoms with Gasteiger partial charge in [0.05, 0.1) is 0 Å². The highest BCUT2D eigenvalue weighted by Crippen LogP contribution is 2.24. The second kappa shape index (κ2) is 36.5. The van der Waals surface area contributed by atoms with E-state index in [4.69, 9.17) is 0 Å². The third-order valence-electron chi connectivity index (χ3n) is 9.47. The number of carbonyl (C=O) groups is 1. The number of rotatable bonds is 36. The summed E-state index contributed by atoms with van der Waals surface area (Å²) in [5, 5.41) is 10.0. The lowest BCUT2D eigenvalue weighted by Gasteiger charge is -2.15. The predicted molar refractivity (Wildman–Crippen MR) is 206 cm³/mol. The zero-order chi connectivity index (χ0) is 33.8. The van der Waals surface area contributed by atoms with Crippen LogP contribution in [-0.2, 0) is 4.79 Å². The van der Waals surface area contributed by atoms with Gasteiger partial charge in [-0.25, -0.2) is 4.79 Å². The van der Waals surface area contributed by atoms with Crippen LogP contribution >= 0.6 is 0 Å². The van der Waals surface area contributed by atoms with Crippen molar-refractivity contribution < 1.29 is 9.90 Å². The molecule has 0 amide bonds. The lowest BCUT2D eigenvalue weighted by atomic mass is 9.93. The van der Waals surface area contributed by atoms with Crippen molar-refractivity contribution in [2.75, 3.05) is 20.6 Å². The minimum absolute atomic E-state index is 0.663. The Morgan fingerprint density at radius 3 is 1.07 bits per heavy atom.